The molecule has 1 amide bonds. The highest BCUT2D eigenvalue weighted by Crippen LogP contribution is 2.42. The monoisotopic (exact) mass is 628 g/mol. The Bertz CT molecular complexity index is 1440. The number of carbonyl (C=O) groups excluding carboxylic acids is 1. The van der Waals surface area contributed by atoms with Gasteiger partial charge >= 0.3 is 17.8 Å². The van der Waals surface area contributed by atoms with Gasteiger partial charge in [0, 0.05) is 13.5 Å². The maximum atomic E-state index is 13.5. The molecule has 214 valence electrons. The summed E-state index contributed by atoms with van der Waals surface area (Å²) in [5, 5.41) is 11.6. The number of nitriles is 1. The first-order valence-electron chi connectivity index (χ1n) is 10.8. The van der Waals surface area contributed by atoms with Crippen molar-refractivity contribution in [2.75, 3.05) is 25.2 Å². The molecular formula is C23H16Cl2F6N4O4S. The van der Waals surface area contributed by atoms with Crippen LogP contribution in [-0.4, -0.2) is 45.9 Å². The van der Waals surface area contributed by atoms with Crippen LogP contribution in [0.2, 0.25) is 10.0 Å². The zero-order valence-electron chi connectivity index (χ0n) is 20.0. The van der Waals surface area contributed by atoms with Crippen LogP contribution in [-0.2, 0) is 21.7 Å². The average molecular weight is 629 g/mol. The summed E-state index contributed by atoms with van der Waals surface area (Å²) in [5.41, 5.74) is -8.36. The number of alkyl halides is 6. The fraction of sp³-hybridized carbons (Fsp3) is 0.261. The van der Waals surface area contributed by atoms with Crippen LogP contribution >= 0.6 is 23.2 Å². The third-order valence-electron chi connectivity index (χ3n) is 4.99. The van der Waals surface area contributed by atoms with E-state index in [4.69, 9.17) is 32.7 Å². The van der Waals surface area contributed by atoms with Gasteiger partial charge in [-0.05, 0) is 24.3 Å². The molecule has 0 aliphatic carbocycles. The van der Waals surface area contributed by atoms with E-state index in [-0.39, 0.29) is 19.6 Å². The van der Waals surface area contributed by atoms with Gasteiger partial charge in [0.15, 0.2) is 22.3 Å². The number of amides is 1. The average Bonchev–Trinajstić information content (AvgIpc) is 3.25. The number of nitrogens with zero attached hydrogens (tertiary/aromatic N) is 4. The van der Waals surface area contributed by atoms with Gasteiger partial charge in [-0.1, -0.05) is 41.4 Å². The van der Waals surface area contributed by atoms with Crippen molar-refractivity contribution in [3.63, 3.8) is 0 Å². The molecule has 0 radical (unpaired) electrons. The summed E-state index contributed by atoms with van der Waals surface area (Å²) in [7, 11) is -3.00. The topological polar surface area (TPSA) is 97.4 Å². The summed E-state index contributed by atoms with van der Waals surface area (Å²) in [5.74, 6) is -0.371. The minimum atomic E-state index is -5.42. The van der Waals surface area contributed by atoms with Crippen LogP contribution in [0, 0.1) is 11.3 Å². The molecule has 8 nitrogen and oxygen atoms in total. The Balaban J connectivity index is 2.00. The minimum Gasteiger partial charge on any atom is -0.493 e. The van der Waals surface area contributed by atoms with E-state index < -0.39 is 66.3 Å². The predicted octanol–water partition coefficient (Wildman–Crippen LogP) is 6.74. The first-order chi connectivity index (χ1) is 18.7. The summed E-state index contributed by atoms with van der Waals surface area (Å²) >= 11 is 12.0. The van der Waals surface area contributed by atoms with Crippen LogP contribution < -0.4 is 9.64 Å². The zero-order valence-corrected chi connectivity index (χ0v) is 22.3. The van der Waals surface area contributed by atoms with E-state index in [0.29, 0.717) is 27.5 Å². The first kappa shape index (κ1) is 31.1. The van der Waals surface area contributed by atoms with E-state index in [1.54, 1.807) is 30.3 Å². The van der Waals surface area contributed by atoms with Crippen LogP contribution in [0.4, 0.5) is 37.0 Å². The fourth-order valence-corrected chi connectivity index (χ4v) is 4.77. The van der Waals surface area contributed by atoms with E-state index in [1.807, 2.05) is 0 Å². The predicted molar refractivity (Wildman–Crippen MR) is 132 cm³/mol. The summed E-state index contributed by atoms with van der Waals surface area (Å²) in [6, 6.07) is 10.8. The van der Waals surface area contributed by atoms with Gasteiger partial charge in [0.05, 0.1) is 28.8 Å². The molecule has 0 spiro atoms. The molecule has 0 fully saturated rings. The van der Waals surface area contributed by atoms with Gasteiger partial charge in [0.1, 0.15) is 22.4 Å². The Morgan fingerprint density at radius 1 is 1.10 bits per heavy atom. The van der Waals surface area contributed by atoms with Crippen molar-refractivity contribution in [2.24, 2.45) is 0 Å². The molecule has 40 heavy (non-hydrogen) atoms. The molecule has 0 saturated heterocycles. The Labute approximate surface area is 235 Å². The largest absolute Gasteiger partial charge is 0.493 e. The lowest BCUT2D eigenvalue weighted by Crippen LogP contribution is -2.31. The van der Waals surface area contributed by atoms with Gasteiger partial charge in [0.25, 0.3) is 0 Å². The Morgan fingerprint density at radius 3 is 2.23 bits per heavy atom. The van der Waals surface area contributed by atoms with Crippen molar-refractivity contribution in [2.45, 2.75) is 23.0 Å². The minimum absolute atomic E-state index is 0.109. The number of anilines is 1. The molecule has 17 heteroatoms. The van der Waals surface area contributed by atoms with Gasteiger partial charge in [-0.15, -0.1) is 0 Å². The zero-order chi connectivity index (χ0) is 29.8. The third kappa shape index (κ3) is 6.98. The maximum absolute atomic E-state index is 13.5. The summed E-state index contributed by atoms with van der Waals surface area (Å²) < 4.78 is 103. The Kier molecular flexibility index (Phi) is 9.60. The second-order valence-corrected chi connectivity index (χ2v) is 9.94. The van der Waals surface area contributed by atoms with Crippen molar-refractivity contribution in [3.05, 3.63) is 63.8 Å². The molecule has 0 aliphatic rings. The molecule has 3 rings (SSSR count). The van der Waals surface area contributed by atoms with Crippen molar-refractivity contribution in [3.8, 4) is 17.5 Å². The smallest absolute Gasteiger partial charge is 0.476 e. The standard InChI is InChI=1S/C23H16Cl2F6N4O4S/c1-34(21(36)39-9-5-8-38-14-6-3-2-4-7-14)20-19(40(37)23(29,30)31)17(12-32)33-35(20)18-15(24)10-13(11-16(18)25)22(26,27)28/h2-4,6-7,10-11H,5,8-9H2,1H3. The second-order valence-electron chi connectivity index (χ2n) is 7.71. The normalized spacial score (nSPS) is 12.5. The number of carbonyl (C=O) groups is 1. The lowest BCUT2D eigenvalue weighted by Gasteiger charge is -2.21. The highest BCUT2D eigenvalue weighted by Gasteiger charge is 2.44. The number of para-hydroxylation sites is 1. The number of halogens is 8. The summed E-state index contributed by atoms with van der Waals surface area (Å²) in [6.45, 7) is -0.160. The van der Waals surface area contributed by atoms with E-state index in [0.717, 1.165) is 7.05 Å². The van der Waals surface area contributed by atoms with Crippen molar-refractivity contribution in [1.29, 1.82) is 5.26 Å². The molecule has 1 atom stereocenters. The molecule has 2 aromatic carbocycles. The van der Waals surface area contributed by atoms with Crippen molar-refractivity contribution < 1.29 is 44.8 Å². The molecular weight excluding hydrogens is 613 g/mol. The van der Waals surface area contributed by atoms with E-state index >= 15 is 0 Å². The molecule has 0 aliphatic heterocycles. The van der Waals surface area contributed by atoms with Crippen LogP contribution in [0.5, 0.6) is 5.75 Å². The quantitative estimate of drug-likeness (QED) is 0.202. The number of ether oxygens (including phenoxy) is 2. The van der Waals surface area contributed by atoms with Gasteiger partial charge < -0.3 is 9.47 Å². The van der Waals surface area contributed by atoms with Crippen molar-refractivity contribution in [1.82, 2.24) is 9.78 Å². The second kappa shape index (κ2) is 12.4. The molecule has 0 saturated carbocycles. The number of aromatic nitrogens is 2. The summed E-state index contributed by atoms with van der Waals surface area (Å²) in [4.78, 5) is 12.0. The van der Waals surface area contributed by atoms with Gasteiger partial charge in [-0.2, -0.15) is 36.7 Å². The lowest BCUT2D eigenvalue weighted by atomic mass is 10.2. The lowest BCUT2D eigenvalue weighted by molar-refractivity contribution is -0.137. The Morgan fingerprint density at radius 2 is 1.70 bits per heavy atom. The van der Waals surface area contributed by atoms with Crippen LogP contribution in [0.1, 0.15) is 17.7 Å². The highest BCUT2D eigenvalue weighted by atomic mass is 35.5. The first-order valence-corrected chi connectivity index (χ1v) is 12.7. The highest BCUT2D eigenvalue weighted by molar-refractivity contribution is 7.86. The molecule has 1 aromatic heterocycles. The molecule has 1 heterocycles. The van der Waals surface area contributed by atoms with Crippen molar-refractivity contribution >= 4 is 45.9 Å². The number of benzene rings is 2. The molecule has 0 N–H and O–H groups in total. The summed E-state index contributed by atoms with van der Waals surface area (Å²) in [6.07, 6.45) is -6.00. The number of hydrogen-bond donors (Lipinski definition) is 0. The van der Waals surface area contributed by atoms with E-state index in [1.165, 1.54) is 6.07 Å². The fourth-order valence-electron chi connectivity index (χ4n) is 3.24. The molecule has 0 bridgehead atoms. The van der Waals surface area contributed by atoms with Gasteiger partial charge in [0.2, 0.25) is 0 Å². The van der Waals surface area contributed by atoms with Crippen LogP contribution in [0.3, 0.4) is 0 Å². The van der Waals surface area contributed by atoms with Gasteiger partial charge in [-0.25, -0.2) is 13.7 Å². The molecule has 3 aromatic rings. The van der Waals surface area contributed by atoms with E-state index in [9.17, 15) is 40.6 Å². The van der Waals surface area contributed by atoms with E-state index in [2.05, 4.69) is 5.10 Å². The molecule has 1 unspecified atom stereocenters. The number of rotatable bonds is 8. The van der Waals surface area contributed by atoms with Crippen LogP contribution in [0.25, 0.3) is 5.69 Å². The maximum Gasteiger partial charge on any atom is 0.476 e. The SMILES string of the molecule is CN(C(=O)OCCCOc1ccccc1)c1c(S(=O)C(F)(F)F)c(C#N)nn1-c1c(Cl)cc(C(F)(F)F)cc1Cl. The van der Waals surface area contributed by atoms with Gasteiger partial charge in [-0.3, -0.25) is 4.90 Å². The Hall–Kier alpha value is -3.48. The number of hydrogen-bond acceptors (Lipinski definition) is 6. The van der Waals surface area contributed by atoms with Crippen LogP contribution in [0.15, 0.2) is 47.4 Å². The third-order valence-corrected chi connectivity index (χ3v) is 6.74.